The van der Waals surface area contributed by atoms with Gasteiger partial charge in [0.1, 0.15) is 11.2 Å². The molecule has 0 N–H and O–H groups in total. The Morgan fingerprint density at radius 3 is 2.76 bits per heavy atom. The summed E-state index contributed by atoms with van der Waals surface area (Å²) in [7, 11) is 3.48. The van der Waals surface area contributed by atoms with Crippen LogP contribution >= 0.6 is 11.6 Å². The lowest BCUT2D eigenvalue weighted by Gasteiger charge is -2.09. The van der Waals surface area contributed by atoms with Crippen molar-refractivity contribution in [3.63, 3.8) is 0 Å². The molecule has 0 bridgehead atoms. The quantitative estimate of drug-likeness (QED) is 0.682. The van der Waals surface area contributed by atoms with Crippen molar-refractivity contribution in [3.8, 4) is 23.2 Å². The van der Waals surface area contributed by atoms with E-state index in [4.69, 9.17) is 21.6 Å². The normalized spacial score (nSPS) is 10.6. The Bertz CT molecular complexity index is 879. The number of hydrogen-bond donors (Lipinski definition) is 0. The summed E-state index contributed by atoms with van der Waals surface area (Å²) in [4.78, 5) is 8.27. The Labute approximate surface area is 126 Å². The molecule has 6 heteroatoms. The molecule has 0 fully saturated rings. The number of ether oxygens (including phenoxy) is 1. The fourth-order valence-corrected chi connectivity index (χ4v) is 2.49. The molecule has 0 atom stereocenters. The first kappa shape index (κ1) is 13.4. The average Bonchev–Trinajstić information content (AvgIpc) is 2.82. The van der Waals surface area contributed by atoms with Gasteiger partial charge in [-0.1, -0.05) is 11.6 Å². The van der Waals surface area contributed by atoms with Crippen LogP contribution in [0.5, 0.6) is 5.88 Å². The molecule has 0 aliphatic carbocycles. The summed E-state index contributed by atoms with van der Waals surface area (Å²) >= 11 is 5.93. The molecule has 3 aromatic heterocycles. The van der Waals surface area contributed by atoms with Crippen molar-refractivity contribution in [2.24, 2.45) is 7.05 Å². The number of rotatable bonds is 2. The maximum Gasteiger partial charge on any atom is 0.222 e. The smallest absolute Gasteiger partial charge is 0.222 e. The van der Waals surface area contributed by atoms with Crippen LogP contribution in [0.25, 0.3) is 22.2 Å². The highest BCUT2D eigenvalue weighted by atomic mass is 35.5. The number of aryl methyl sites for hydroxylation is 1. The molecule has 0 spiro atoms. The van der Waals surface area contributed by atoms with Gasteiger partial charge < -0.3 is 9.30 Å². The Kier molecular flexibility index (Phi) is 3.24. The molecule has 5 nitrogen and oxygen atoms in total. The summed E-state index contributed by atoms with van der Waals surface area (Å²) in [5.41, 5.74) is 3.06. The second-order valence-electron chi connectivity index (χ2n) is 4.55. The third-order valence-corrected chi connectivity index (χ3v) is 3.55. The molecule has 3 rings (SSSR count). The molecule has 0 amide bonds. The highest BCUT2D eigenvalue weighted by molar-refractivity contribution is 6.30. The number of aromatic nitrogens is 3. The zero-order chi connectivity index (χ0) is 15.0. The van der Waals surface area contributed by atoms with Crippen LogP contribution in [0.1, 0.15) is 5.56 Å². The highest BCUT2D eigenvalue weighted by Crippen LogP contribution is 2.33. The van der Waals surface area contributed by atoms with Crippen LogP contribution < -0.4 is 4.74 Å². The van der Waals surface area contributed by atoms with E-state index in [2.05, 4.69) is 16.0 Å². The van der Waals surface area contributed by atoms with Gasteiger partial charge in [-0.2, -0.15) is 5.26 Å². The summed E-state index contributed by atoms with van der Waals surface area (Å²) in [6.07, 6.45) is 3.21. The van der Waals surface area contributed by atoms with Crippen LogP contribution in [0.15, 0.2) is 30.6 Å². The van der Waals surface area contributed by atoms with Crippen LogP contribution in [0.2, 0.25) is 5.15 Å². The zero-order valence-corrected chi connectivity index (χ0v) is 12.2. The lowest BCUT2D eigenvalue weighted by Crippen LogP contribution is -1.97. The number of hydrogen-bond acceptors (Lipinski definition) is 4. The van der Waals surface area contributed by atoms with E-state index < -0.39 is 0 Å². The maximum absolute atomic E-state index is 9.05. The number of methoxy groups -OCH3 is 1. The molecule has 21 heavy (non-hydrogen) atoms. The molecular formula is C15H11ClN4O. The molecule has 0 aromatic carbocycles. The molecule has 0 aliphatic heterocycles. The topological polar surface area (TPSA) is 63.7 Å². The third kappa shape index (κ3) is 2.20. The predicted molar refractivity (Wildman–Crippen MR) is 80.2 cm³/mol. The van der Waals surface area contributed by atoms with Gasteiger partial charge in [0.2, 0.25) is 5.88 Å². The lowest BCUT2D eigenvalue weighted by atomic mass is 10.1. The summed E-state index contributed by atoms with van der Waals surface area (Å²) < 4.78 is 7.27. The van der Waals surface area contributed by atoms with Gasteiger partial charge in [0.05, 0.1) is 35.6 Å². The molecule has 0 saturated carbocycles. The summed E-state index contributed by atoms with van der Waals surface area (Å²) in [6, 6.07) is 7.62. The van der Waals surface area contributed by atoms with Gasteiger partial charge in [-0.15, -0.1) is 0 Å². The maximum atomic E-state index is 9.05. The minimum Gasteiger partial charge on any atom is -0.481 e. The summed E-state index contributed by atoms with van der Waals surface area (Å²) in [6.45, 7) is 0. The predicted octanol–water partition coefficient (Wildman–Crippen LogP) is 3.17. The van der Waals surface area contributed by atoms with E-state index in [1.54, 1.807) is 25.4 Å². The zero-order valence-electron chi connectivity index (χ0n) is 11.5. The fraction of sp³-hybridized carbons (Fsp3) is 0.133. The Hall–Kier alpha value is -2.58. The van der Waals surface area contributed by atoms with Crippen molar-refractivity contribution >= 4 is 22.5 Å². The van der Waals surface area contributed by atoms with Crippen LogP contribution in [0.3, 0.4) is 0 Å². The van der Waals surface area contributed by atoms with Gasteiger partial charge in [0, 0.05) is 18.6 Å². The van der Waals surface area contributed by atoms with Gasteiger partial charge >= 0.3 is 0 Å². The number of fused-ring (bicyclic) bond motifs is 1. The van der Waals surface area contributed by atoms with Crippen molar-refractivity contribution in [1.29, 1.82) is 5.26 Å². The van der Waals surface area contributed by atoms with E-state index in [-0.39, 0.29) is 0 Å². The van der Waals surface area contributed by atoms with E-state index in [1.807, 2.05) is 17.7 Å². The van der Waals surface area contributed by atoms with Gasteiger partial charge in [0.25, 0.3) is 0 Å². The average molecular weight is 299 g/mol. The van der Waals surface area contributed by atoms with Crippen molar-refractivity contribution in [2.75, 3.05) is 7.11 Å². The summed E-state index contributed by atoms with van der Waals surface area (Å²) in [5, 5.41) is 10.5. The minimum atomic E-state index is 0.440. The van der Waals surface area contributed by atoms with Gasteiger partial charge in [-0.3, -0.25) is 0 Å². The standard InChI is InChI=1S/C15H11ClN4O/c1-20-12(4-10-5-14(16)18-8-13(10)20)11-3-9(6-17)7-19-15(11)21-2/h3-5,7-8H,1-2H3. The van der Waals surface area contributed by atoms with Crippen LogP contribution in [0, 0.1) is 11.3 Å². The van der Waals surface area contributed by atoms with Crippen LogP contribution in [-0.2, 0) is 7.05 Å². The molecule has 0 unspecified atom stereocenters. The van der Waals surface area contributed by atoms with Gasteiger partial charge in [0.15, 0.2) is 0 Å². The first-order valence-electron chi connectivity index (χ1n) is 6.19. The fourth-order valence-electron chi connectivity index (χ4n) is 2.32. The van der Waals surface area contributed by atoms with E-state index in [9.17, 15) is 0 Å². The van der Waals surface area contributed by atoms with Crippen molar-refractivity contribution < 1.29 is 4.74 Å². The van der Waals surface area contributed by atoms with E-state index in [1.165, 1.54) is 6.20 Å². The first-order valence-corrected chi connectivity index (χ1v) is 6.57. The highest BCUT2D eigenvalue weighted by Gasteiger charge is 2.14. The molecular weight excluding hydrogens is 288 g/mol. The van der Waals surface area contributed by atoms with Crippen molar-refractivity contribution in [1.82, 2.24) is 14.5 Å². The number of pyridine rings is 2. The molecule has 104 valence electrons. The van der Waals surface area contributed by atoms with Crippen molar-refractivity contribution in [3.05, 3.63) is 41.3 Å². The Balaban J connectivity index is 2.30. The van der Waals surface area contributed by atoms with Gasteiger partial charge in [-0.25, -0.2) is 9.97 Å². The van der Waals surface area contributed by atoms with Gasteiger partial charge in [-0.05, 0) is 18.2 Å². The van der Waals surface area contributed by atoms with E-state index >= 15 is 0 Å². The number of halogens is 1. The molecule has 3 aromatic rings. The van der Waals surface area contributed by atoms with Crippen LogP contribution in [-0.4, -0.2) is 21.6 Å². The lowest BCUT2D eigenvalue weighted by molar-refractivity contribution is 0.399. The van der Waals surface area contributed by atoms with Crippen LogP contribution in [0.4, 0.5) is 0 Å². The second kappa shape index (κ2) is 5.08. The minimum absolute atomic E-state index is 0.440. The van der Waals surface area contributed by atoms with Crippen molar-refractivity contribution in [2.45, 2.75) is 0 Å². The van der Waals surface area contributed by atoms with E-state index in [0.717, 1.165) is 22.2 Å². The largest absolute Gasteiger partial charge is 0.481 e. The number of nitrogens with zero attached hydrogens (tertiary/aromatic N) is 4. The number of nitriles is 1. The molecule has 0 saturated heterocycles. The summed E-state index contributed by atoms with van der Waals surface area (Å²) in [5.74, 6) is 0.471. The molecule has 0 radical (unpaired) electrons. The molecule has 3 heterocycles. The Morgan fingerprint density at radius 1 is 1.24 bits per heavy atom. The van der Waals surface area contributed by atoms with E-state index in [0.29, 0.717) is 16.6 Å². The Morgan fingerprint density at radius 2 is 2.05 bits per heavy atom. The molecule has 0 aliphatic rings. The first-order chi connectivity index (χ1) is 10.1. The SMILES string of the molecule is COc1ncc(C#N)cc1-c1cc2cc(Cl)ncc2n1C. The second-order valence-corrected chi connectivity index (χ2v) is 4.93. The monoisotopic (exact) mass is 298 g/mol. The third-order valence-electron chi connectivity index (χ3n) is 3.35.